The van der Waals surface area contributed by atoms with Crippen LogP contribution in [0.5, 0.6) is 0 Å². The van der Waals surface area contributed by atoms with Crippen molar-refractivity contribution in [1.29, 1.82) is 0 Å². The third kappa shape index (κ3) is 3.22. The molecule has 2 fully saturated rings. The maximum Gasteiger partial charge on any atom is 0.246 e. The first-order chi connectivity index (χ1) is 12.2. The predicted molar refractivity (Wildman–Crippen MR) is 94.5 cm³/mol. The summed E-state index contributed by atoms with van der Waals surface area (Å²) in [5.41, 5.74) is 1.15. The molecule has 1 saturated carbocycles. The summed E-state index contributed by atoms with van der Waals surface area (Å²) in [4.78, 5) is 16.2. The zero-order valence-corrected chi connectivity index (χ0v) is 15.4. The third-order valence-corrected chi connectivity index (χ3v) is 5.57. The Morgan fingerprint density at radius 2 is 1.96 bits per heavy atom. The van der Waals surface area contributed by atoms with Crippen LogP contribution in [0, 0.1) is 16.6 Å². The molecule has 0 spiro atoms. The highest BCUT2D eigenvalue weighted by molar-refractivity contribution is 5.76. The molecule has 26 heavy (non-hydrogen) atoms. The van der Waals surface area contributed by atoms with Crippen LogP contribution in [-0.2, 0) is 11.3 Å². The van der Waals surface area contributed by atoms with Gasteiger partial charge in [-0.25, -0.2) is 4.39 Å². The molecule has 2 bridgehead atoms. The summed E-state index contributed by atoms with van der Waals surface area (Å²) in [6.07, 6.45) is 3.27. The number of hydrogen-bond acceptors (Lipinski definition) is 4. The lowest BCUT2D eigenvalue weighted by molar-refractivity contribution is -0.133. The van der Waals surface area contributed by atoms with Gasteiger partial charge in [0.1, 0.15) is 12.4 Å². The number of likely N-dealkylation sites (tertiary alicyclic amines) is 1. The van der Waals surface area contributed by atoms with Gasteiger partial charge in [-0.2, -0.15) is 4.80 Å². The van der Waals surface area contributed by atoms with E-state index in [1.54, 1.807) is 12.1 Å². The molecule has 1 aromatic heterocycles. The van der Waals surface area contributed by atoms with Gasteiger partial charge in [0.05, 0.1) is 0 Å². The first-order valence-corrected chi connectivity index (χ1v) is 9.06. The topological polar surface area (TPSA) is 63.9 Å². The van der Waals surface area contributed by atoms with Crippen LogP contribution in [0.1, 0.15) is 40.0 Å². The van der Waals surface area contributed by atoms with Crippen molar-refractivity contribution < 1.29 is 9.18 Å². The van der Waals surface area contributed by atoms with Gasteiger partial charge >= 0.3 is 0 Å². The molecule has 2 aliphatic rings. The summed E-state index contributed by atoms with van der Waals surface area (Å²) in [7, 11) is 0. The minimum atomic E-state index is -0.312. The van der Waals surface area contributed by atoms with E-state index in [-0.39, 0.29) is 29.1 Å². The fraction of sp³-hybridized carbons (Fsp3) is 0.579. The van der Waals surface area contributed by atoms with Crippen molar-refractivity contribution in [2.24, 2.45) is 10.8 Å². The van der Waals surface area contributed by atoms with E-state index in [1.165, 1.54) is 16.9 Å². The first kappa shape index (κ1) is 17.1. The second-order valence-corrected chi connectivity index (χ2v) is 8.89. The van der Waals surface area contributed by atoms with E-state index in [2.05, 4.69) is 36.2 Å². The number of rotatable bonds is 3. The van der Waals surface area contributed by atoms with Gasteiger partial charge in [-0.1, -0.05) is 20.8 Å². The lowest BCUT2D eigenvalue weighted by atomic mass is 9.65. The summed E-state index contributed by atoms with van der Waals surface area (Å²) < 4.78 is 13.0. The fourth-order valence-electron chi connectivity index (χ4n) is 4.99. The predicted octanol–water partition coefficient (Wildman–Crippen LogP) is 2.91. The summed E-state index contributed by atoms with van der Waals surface area (Å²) >= 11 is 0. The van der Waals surface area contributed by atoms with Crippen molar-refractivity contribution in [3.05, 3.63) is 30.1 Å². The Morgan fingerprint density at radius 3 is 2.69 bits per heavy atom. The van der Waals surface area contributed by atoms with Crippen LogP contribution in [0.4, 0.5) is 4.39 Å². The van der Waals surface area contributed by atoms with Crippen LogP contribution < -0.4 is 0 Å². The van der Waals surface area contributed by atoms with E-state index < -0.39 is 0 Å². The second kappa shape index (κ2) is 5.86. The summed E-state index contributed by atoms with van der Waals surface area (Å²) in [6, 6.07) is 6.22. The molecule has 0 N–H and O–H groups in total. The normalized spacial score (nSPS) is 26.9. The average molecular weight is 357 g/mol. The molecular weight excluding hydrogens is 333 g/mol. The maximum atomic E-state index is 13.0. The van der Waals surface area contributed by atoms with Gasteiger partial charge in [0.15, 0.2) is 0 Å². The van der Waals surface area contributed by atoms with E-state index in [9.17, 15) is 9.18 Å². The van der Waals surface area contributed by atoms with Crippen molar-refractivity contribution in [1.82, 2.24) is 25.1 Å². The minimum absolute atomic E-state index is 0.0412. The van der Waals surface area contributed by atoms with E-state index in [0.717, 1.165) is 25.8 Å². The first-order valence-electron chi connectivity index (χ1n) is 9.06. The van der Waals surface area contributed by atoms with Crippen LogP contribution in [0.2, 0.25) is 0 Å². The molecule has 7 heteroatoms. The lowest BCUT2D eigenvalue weighted by Gasteiger charge is -2.39. The molecule has 0 radical (unpaired) electrons. The second-order valence-electron chi connectivity index (χ2n) is 8.89. The number of nitrogens with zero attached hydrogens (tertiary/aromatic N) is 5. The smallest absolute Gasteiger partial charge is 0.246 e. The molecule has 2 heterocycles. The molecular formula is C19H24FN5O. The number of amides is 1. The van der Waals surface area contributed by atoms with Gasteiger partial charge in [0, 0.05) is 18.2 Å². The van der Waals surface area contributed by atoms with Crippen LogP contribution in [-0.4, -0.2) is 43.6 Å². The number of hydrogen-bond donors (Lipinski definition) is 0. The highest BCUT2D eigenvalue weighted by Gasteiger charge is 2.50. The molecule has 1 amide bonds. The Bertz CT molecular complexity index is 831. The number of carbonyl (C=O) groups is 1. The Hall–Kier alpha value is -2.31. The van der Waals surface area contributed by atoms with Gasteiger partial charge < -0.3 is 4.90 Å². The zero-order chi connectivity index (χ0) is 18.5. The molecule has 1 aliphatic carbocycles. The van der Waals surface area contributed by atoms with E-state index in [4.69, 9.17) is 0 Å². The number of benzene rings is 1. The van der Waals surface area contributed by atoms with E-state index in [0.29, 0.717) is 17.4 Å². The van der Waals surface area contributed by atoms with Gasteiger partial charge in [-0.05, 0) is 59.6 Å². The maximum absolute atomic E-state index is 13.0. The van der Waals surface area contributed by atoms with Crippen molar-refractivity contribution in [2.75, 3.05) is 6.54 Å². The molecule has 2 aromatic rings. The Morgan fingerprint density at radius 1 is 1.23 bits per heavy atom. The molecule has 1 aliphatic heterocycles. The largest absolute Gasteiger partial charge is 0.337 e. The van der Waals surface area contributed by atoms with Crippen molar-refractivity contribution in [2.45, 2.75) is 52.6 Å². The lowest BCUT2D eigenvalue weighted by Crippen LogP contribution is -2.39. The quantitative estimate of drug-likeness (QED) is 0.847. The SMILES string of the molecule is CC1(C)C[C@H]2C[C@](C)(CN2C(=O)Cn2nnc(-c3ccc(F)cc3)n2)C1. The number of carbonyl (C=O) groups excluding carboxylic acids is 1. The molecule has 1 saturated heterocycles. The fourth-order valence-corrected chi connectivity index (χ4v) is 4.99. The van der Waals surface area contributed by atoms with Crippen LogP contribution in [0.15, 0.2) is 24.3 Å². The number of tetrazole rings is 1. The highest BCUT2D eigenvalue weighted by Crippen LogP contribution is 2.52. The van der Waals surface area contributed by atoms with Crippen LogP contribution in [0.25, 0.3) is 11.4 Å². The van der Waals surface area contributed by atoms with E-state index in [1.807, 2.05) is 4.90 Å². The molecule has 6 nitrogen and oxygen atoms in total. The summed E-state index contributed by atoms with van der Waals surface area (Å²) in [5.74, 6) is 0.124. The van der Waals surface area contributed by atoms with Gasteiger partial charge in [-0.15, -0.1) is 10.2 Å². The number of halogens is 1. The van der Waals surface area contributed by atoms with Crippen molar-refractivity contribution in [3.8, 4) is 11.4 Å². The minimum Gasteiger partial charge on any atom is -0.337 e. The molecule has 4 rings (SSSR count). The molecule has 1 aromatic carbocycles. The Labute approximate surface area is 152 Å². The summed E-state index contributed by atoms with van der Waals surface area (Å²) in [6.45, 7) is 7.76. The third-order valence-electron chi connectivity index (χ3n) is 5.57. The molecule has 2 atom stereocenters. The standard InChI is InChI=1S/C19H24FN5O/c1-18(2)8-15-9-19(3,11-18)12-24(15)16(26)10-25-22-17(21-23-25)13-4-6-14(20)7-5-13/h4-7,15H,8-12H2,1-3H3/t15-,19-/m0/s1. The number of fused-ring (bicyclic) bond motifs is 2. The Balaban J connectivity index is 1.47. The average Bonchev–Trinajstić information content (AvgIpc) is 3.09. The van der Waals surface area contributed by atoms with Crippen molar-refractivity contribution in [3.63, 3.8) is 0 Å². The monoisotopic (exact) mass is 357 g/mol. The van der Waals surface area contributed by atoms with Gasteiger partial charge in [0.2, 0.25) is 11.7 Å². The molecule has 138 valence electrons. The van der Waals surface area contributed by atoms with Crippen LogP contribution >= 0.6 is 0 Å². The summed E-state index contributed by atoms with van der Waals surface area (Å²) in [5, 5.41) is 12.3. The Kier molecular flexibility index (Phi) is 3.86. The van der Waals surface area contributed by atoms with Crippen molar-refractivity contribution >= 4 is 5.91 Å². The zero-order valence-electron chi connectivity index (χ0n) is 15.4. The molecule has 0 unspecified atom stereocenters. The number of aromatic nitrogens is 4. The highest BCUT2D eigenvalue weighted by atomic mass is 19.1. The van der Waals surface area contributed by atoms with Gasteiger partial charge in [-0.3, -0.25) is 4.79 Å². The van der Waals surface area contributed by atoms with E-state index >= 15 is 0 Å². The van der Waals surface area contributed by atoms with Crippen LogP contribution in [0.3, 0.4) is 0 Å². The van der Waals surface area contributed by atoms with Gasteiger partial charge in [0.25, 0.3) is 0 Å².